The normalized spacial score (nSPS) is 9.14. The van der Waals surface area contributed by atoms with E-state index in [4.69, 9.17) is 39.9 Å². The minimum absolute atomic E-state index is 0.111. The Morgan fingerprint density at radius 2 is 1.67 bits per heavy atom. The van der Waals surface area contributed by atoms with Crippen LogP contribution in [0.4, 0.5) is 0 Å². The molecule has 0 saturated heterocycles. The largest absolute Gasteiger partial charge is 0.501 e. The molecule has 0 aromatic heterocycles. The second-order valence-corrected chi connectivity index (χ2v) is 4.57. The minimum atomic E-state index is -0.781. The van der Waals surface area contributed by atoms with E-state index in [0.717, 1.165) is 12.0 Å². The van der Waals surface area contributed by atoms with Crippen LogP contribution in [-0.2, 0) is 19.1 Å². The van der Waals surface area contributed by atoms with Crippen LogP contribution < -0.4 is 0 Å². The maximum atomic E-state index is 10.5. The highest BCUT2D eigenvalue weighted by Gasteiger charge is 2.06. The fourth-order valence-corrected chi connectivity index (χ4v) is 0.577. The van der Waals surface area contributed by atoms with Crippen LogP contribution in [0.3, 0.4) is 0 Å². The van der Waals surface area contributed by atoms with Crippen LogP contribution in [0.15, 0.2) is 34.5 Å². The molecule has 5 nitrogen and oxygen atoms in total. The van der Waals surface area contributed by atoms with Crippen molar-refractivity contribution in [3.8, 4) is 0 Å². The third-order valence-corrected chi connectivity index (χ3v) is 1.49. The number of rotatable bonds is 4. The van der Waals surface area contributed by atoms with Crippen LogP contribution in [0.25, 0.3) is 0 Å². The number of carbonyl (C=O) groups is 2. The van der Waals surface area contributed by atoms with Crippen molar-refractivity contribution >= 4 is 46.7 Å². The van der Waals surface area contributed by atoms with E-state index in [9.17, 15) is 9.59 Å². The molecule has 0 aliphatic rings. The Labute approximate surface area is 139 Å². The first-order valence-electron chi connectivity index (χ1n) is 5.54. The van der Waals surface area contributed by atoms with Crippen LogP contribution in [0.5, 0.6) is 0 Å². The molecule has 8 heteroatoms. The minimum Gasteiger partial charge on any atom is -0.501 e. The highest BCUT2D eigenvalue weighted by atomic mass is 35.5. The summed E-state index contributed by atoms with van der Waals surface area (Å²) in [5.41, 5.74) is 1.21. The van der Waals surface area contributed by atoms with Gasteiger partial charge in [-0.1, -0.05) is 54.9 Å². The smallest absolute Gasteiger partial charge is 0.374 e. The fraction of sp³-hybridized carbons (Fsp3) is 0.385. The molecule has 0 aromatic rings. The van der Waals surface area contributed by atoms with Crippen LogP contribution in [0, 0.1) is 0 Å². The van der Waals surface area contributed by atoms with Gasteiger partial charge >= 0.3 is 11.9 Å². The number of aliphatic hydroxyl groups is 1. The van der Waals surface area contributed by atoms with Gasteiger partial charge in [-0.2, -0.15) is 0 Å². The summed E-state index contributed by atoms with van der Waals surface area (Å²) in [5, 5.41) is 8.61. The number of hydrogen-bond donors (Lipinski definition) is 1. The number of aliphatic hydroxyl groups excluding tert-OH is 1. The number of ether oxygens (including phenoxy) is 2. The van der Waals surface area contributed by atoms with E-state index in [2.05, 4.69) is 22.6 Å². The van der Waals surface area contributed by atoms with Gasteiger partial charge < -0.3 is 14.6 Å². The Hall–Kier alpha value is -1.17. The topological polar surface area (TPSA) is 72.8 Å². The van der Waals surface area contributed by atoms with Gasteiger partial charge in [0.25, 0.3) is 0 Å². The quantitative estimate of drug-likeness (QED) is 0.460. The average Bonchev–Trinajstić information content (AvgIpc) is 2.42. The number of hydrogen-bond acceptors (Lipinski definition) is 5. The van der Waals surface area contributed by atoms with Gasteiger partial charge in [-0.15, -0.1) is 0 Å². The first-order chi connectivity index (χ1) is 9.63. The Kier molecular flexibility index (Phi) is 20.0. The zero-order valence-corrected chi connectivity index (χ0v) is 14.4. The van der Waals surface area contributed by atoms with Crippen molar-refractivity contribution in [2.75, 3.05) is 13.7 Å². The van der Waals surface area contributed by atoms with Crippen LogP contribution in [-0.4, -0.2) is 30.8 Å². The molecular formula is C13H19Cl3O5. The molecule has 0 amide bonds. The molecule has 0 radical (unpaired) electrons. The molecular weight excluding hydrogens is 342 g/mol. The predicted molar refractivity (Wildman–Crippen MR) is 85.5 cm³/mol. The van der Waals surface area contributed by atoms with Crippen molar-refractivity contribution in [3.05, 3.63) is 34.5 Å². The van der Waals surface area contributed by atoms with Gasteiger partial charge in [-0.3, -0.25) is 0 Å². The van der Waals surface area contributed by atoms with Crippen molar-refractivity contribution in [1.82, 2.24) is 0 Å². The van der Waals surface area contributed by atoms with Crippen molar-refractivity contribution in [2.45, 2.75) is 20.3 Å². The molecule has 0 aliphatic carbocycles. The molecule has 0 spiro atoms. The summed E-state index contributed by atoms with van der Waals surface area (Å²) < 4.78 is 8.89. The van der Waals surface area contributed by atoms with E-state index in [0.29, 0.717) is 12.2 Å². The molecule has 0 fully saturated rings. The van der Waals surface area contributed by atoms with E-state index in [1.807, 2.05) is 6.92 Å². The summed E-state index contributed by atoms with van der Waals surface area (Å²) in [6.07, 6.45) is 0.724. The van der Waals surface area contributed by atoms with Crippen LogP contribution in [0.1, 0.15) is 20.3 Å². The second-order valence-electron chi connectivity index (χ2n) is 3.24. The first-order valence-corrected chi connectivity index (χ1v) is 6.73. The number of methoxy groups -OCH3 is 1. The molecule has 0 unspecified atom stereocenters. The Morgan fingerprint density at radius 1 is 1.24 bits per heavy atom. The zero-order valence-electron chi connectivity index (χ0n) is 12.1. The third-order valence-electron chi connectivity index (χ3n) is 1.28. The van der Waals surface area contributed by atoms with E-state index in [-0.39, 0.29) is 10.5 Å². The lowest BCUT2D eigenvalue weighted by Gasteiger charge is -1.99. The zero-order chi connectivity index (χ0) is 17.4. The standard InChI is InChI=1S/C6H9ClO3.C5H8O2.C2H2Cl2/c1-2-3-10-6(9)5(8)4-7;1-4(2)5(6)7-3;1-2(3)4/h4,8H,2-3H2,1H3;1H2,2-3H3;1H2. The summed E-state index contributed by atoms with van der Waals surface area (Å²) in [7, 11) is 1.33. The molecule has 21 heavy (non-hydrogen) atoms. The Bertz CT molecular complexity index is 374. The summed E-state index contributed by atoms with van der Waals surface area (Å²) in [5.74, 6) is -1.69. The van der Waals surface area contributed by atoms with Gasteiger partial charge in [0, 0.05) is 5.57 Å². The van der Waals surface area contributed by atoms with Gasteiger partial charge in [0.2, 0.25) is 5.76 Å². The van der Waals surface area contributed by atoms with Crippen molar-refractivity contribution in [3.63, 3.8) is 0 Å². The van der Waals surface area contributed by atoms with E-state index < -0.39 is 11.7 Å². The molecule has 0 rings (SSSR count). The molecule has 122 valence electrons. The molecule has 0 aliphatic heterocycles. The number of esters is 2. The lowest BCUT2D eigenvalue weighted by Crippen LogP contribution is -2.07. The summed E-state index contributed by atoms with van der Waals surface area (Å²) in [4.78, 5) is 20.7. The maximum Gasteiger partial charge on any atom is 0.374 e. The molecule has 0 bridgehead atoms. The van der Waals surface area contributed by atoms with Gasteiger partial charge in [-0.25, -0.2) is 9.59 Å². The number of carbonyl (C=O) groups excluding carboxylic acids is 2. The van der Waals surface area contributed by atoms with Crippen molar-refractivity contribution in [1.29, 1.82) is 0 Å². The fourth-order valence-electron chi connectivity index (χ4n) is 0.487. The molecule has 0 heterocycles. The SMILES string of the molecule is C=C(C)C(=O)OC.C=C(Cl)Cl.CCCOC(=O)C(O)=CCl. The summed E-state index contributed by atoms with van der Waals surface area (Å²) in [6.45, 7) is 10.2. The number of halogens is 3. The third kappa shape index (κ3) is 24.3. The van der Waals surface area contributed by atoms with Gasteiger partial charge in [-0.05, 0) is 13.3 Å². The summed E-state index contributed by atoms with van der Waals surface area (Å²) >= 11 is 14.7. The maximum absolute atomic E-state index is 10.5. The predicted octanol–water partition coefficient (Wildman–Crippen LogP) is 4.25. The van der Waals surface area contributed by atoms with E-state index in [1.54, 1.807) is 6.92 Å². The van der Waals surface area contributed by atoms with Crippen LogP contribution in [0.2, 0.25) is 0 Å². The Morgan fingerprint density at radius 3 is 1.86 bits per heavy atom. The lowest BCUT2D eigenvalue weighted by atomic mass is 10.4. The molecule has 0 atom stereocenters. The molecule has 0 saturated carbocycles. The van der Waals surface area contributed by atoms with E-state index in [1.165, 1.54) is 7.11 Å². The van der Waals surface area contributed by atoms with Gasteiger partial charge in [0.15, 0.2) is 0 Å². The molecule has 0 aromatic carbocycles. The lowest BCUT2D eigenvalue weighted by molar-refractivity contribution is -0.142. The van der Waals surface area contributed by atoms with Crippen LogP contribution >= 0.6 is 34.8 Å². The van der Waals surface area contributed by atoms with E-state index >= 15 is 0 Å². The highest BCUT2D eigenvalue weighted by Crippen LogP contribution is 1.98. The van der Waals surface area contributed by atoms with Crippen molar-refractivity contribution < 1.29 is 24.2 Å². The first kappa shape index (κ1) is 24.8. The highest BCUT2D eigenvalue weighted by molar-refractivity contribution is 6.55. The second kappa shape index (κ2) is 16.9. The average molecular weight is 362 g/mol. The summed E-state index contributed by atoms with van der Waals surface area (Å²) in [6, 6.07) is 0. The van der Waals surface area contributed by atoms with Gasteiger partial charge in [0.1, 0.15) is 0 Å². The van der Waals surface area contributed by atoms with Gasteiger partial charge in [0.05, 0.1) is 23.7 Å². The van der Waals surface area contributed by atoms with Crippen molar-refractivity contribution in [2.24, 2.45) is 0 Å². The Balaban J connectivity index is -0.000000256. The monoisotopic (exact) mass is 360 g/mol. The molecule has 1 N–H and O–H groups in total.